The van der Waals surface area contributed by atoms with E-state index in [-0.39, 0.29) is 5.97 Å². The number of esters is 1. The zero-order valence-corrected chi connectivity index (χ0v) is 27.1. The van der Waals surface area contributed by atoms with Gasteiger partial charge in [-0.2, -0.15) is 0 Å². The first-order valence-electron chi connectivity index (χ1n) is 14.7. The van der Waals surface area contributed by atoms with Gasteiger partial charge in [-0.3, -0.25) is 4.79 Å². The lowest BCUT2D eigenvalue weighted by Crippen LogP contribution is -2.41. The highest BCUT2D eigenvalue weighted by Gasteiger charge is 2.52. The highest BCUT2D eigenvalue weighted by molar-refractivity contribution is 6.63. The lowest BCUT2D eigenvalue weighted by molar-refractivity contribution is -0.140. The fraction of sp³-hybridized carbons (Fsp3) is 0.441. The molecule has 0 bridgehead atoms. The summed E-state index contributed by atoms with van der Waals surface area (Å²) >= 11 is 7.09. The van der Waals surface area contributed by atoms with Crippen LogP contribution in [0.1, 0.15) is 63.6 Å². The molecule has 3 aromatic rings. The van der Waals surface area contributed by atoms with Gasteiger partial charge in [-0.1, -0.05) is 35.9 Å². The van der Waals surface area contributed by atoms with Crippen molar-refractivity contribution in [3.8, 4) is 11.5 Å². The molecular formula is C34H43BClNO6. The van der Waals surface area contributed by atoms with Gasteiger partial charge in [0.25, 0.3) is 0 Å². The number of benzene rings is 3. The van der Waals surface area contributed by atoms with Gasteiger partial charge in [0, 0.05) is 30.2 Å². The van der Waals surface area contributed by atoms with Crippen LogP contribution in [0.2, 0.25) is 5.02 Å². The maximum Gasteiger partial charge on any atom is 0.495 e. The molecule has 0 N–H and O–H groups in total. The van der Waals surface area contributed by atoms with E-state index in [4.69, 9.17) is 35.1 Å². The van der Waals surface area contributed by atoms with Crippen LogP contribution in [0.15, 0.2) is 60.7 Å². The summed E-state index contributed by atoms with van der Waals surface area (Å²) in [5.74, 6) is 1.42. The summed E-state index contributed by atoms with van der Waals surface area (Å²) in [6.45, 7) is 9.49. The number of rotatable bonds is 13. The molecule has 1 saturated heterocycles. The fourth-order valence-electron chi connectivity index (χ4n) is 5.08. The fourth-order valence-corrected chi connectivity index (χ4v) is 5.40. The van der Waals surface area contributed by atoms with Gasteiger partial charge in [0.1, 0.15) is 11.5 Å². The summed E-state index contributed by atoms with van der Waals surface area (Å²) in [6, 6.07) is 20.4. The molecule has 0 amide bonds. The molecule has 1 fully saturated rings. The number of unbranched alkanes of at least 4 members (excludes halogenated alkanes) is 1. The molecule has 4 rings (SSSR count). The van der Waals surface area contributed by atoms with Crippen LogP contribution in [0.4, 0.5) is 5.69 Å². The second kappa shape index (κ2) is 14.1. The van der Waals surface area contributed by atoms with E-state index >= 15 is 0 Å². The smallest absolute Gasteiger partial charge is 0.495 e. The van der Waals surface area contributed by atoms with E-state index in [2.05, 4.69) is 35.2 Å². The number of halogens is 1. The Kier molecular flexibility index (Phi) is 10.7. The molecule has 0 saturated carbocycles. The number of ether oxygens (including phenoxy) is 3. The second-order valence-corrected chi connectivity index (χ2v) is 12.3. The maximum atomic E-state index is 11.7. The van der Waals surface area contributed by atoms with E-state index < -0.39 is 18.3 Å². The van der Waals surface area contributed by atoms with Gasteiger partial charge in [-0.15, -0.1) is 0 Å². The molecule has 0 aliphatic carbocycles. The number of methoxy groups -OCH3 is 3. The SMILES string of the molecule is COC(=O)CCCCc1c(Cl)cc(N(Cc2ccc(OC)cc2)Cc2ccc(OC)cc2)cc1B1OC(C)(C)C(C)(C)O1. The lowest BCUT2D eigenvalue weighted by atomic mass is 9.74. The minimum Gasteiger partial charge on any atom is -0.497 e. The van der Waals surface area contributed by atoms with Crippen molar-refractivity contribution in [3.63, 3.8) is 0 Å². The number of hydrogen-bond acceptors (Lipinski definition) is 7. The summed E-state index contributed by atoms with van der Waals surface area (Å²) in [5, 5.41) is 0.648. The molecule has 0 radical (unpaired) electrons. The molecule has 9 heteroatoms. The molecule has 1 aliphatic heterocycles. The summed E-state index contributed by atoms with van der Waals surface area (Å²) in [7, 11) is 4.17. The quantitative estimate of drug-likeness (QED) is 0.121. The van der Waals surface area contributed by atoms with Crippen LogP contribution in [-0.2, 0) is 38.4 Å². The Bertz CT molecular complexity index is 1310. The van der Waals surface area contributed by atoms with Crippen LogP contribution in [0.5, 0.6) is 11.5 Å². The number of anilines is 1. The Labute approximate surface area is 261 Å². The Hall–Kier alpha value is -3.20. The number of carbonyl (C=O) groups is 1. The van der Waals surface area contributed by atoms with Crippen LogP contribution >= 0.6 is 11.6 Å². The minimum atomic E-state index is -0.582. The van der Waals surface area contributed by atoms with Gasteiger partial charge in [0.15, 0.2) is 0 Å². The molecule has 1 heterocycles. The molecule has 0 unspecified atom stereocenters. The molecule has 0 spiro atoms. The number of nitrogens with zero attached hydrogens (tertiary/aromatic N) is 1. The van der Waals surface area contributed by atoms with Gasteiger partial charge in [-0.05, 0) is 106 Å². The normalized spacial score (nSPS) is 15.3. The van der Waals surface area contributed by atoms with Crippen molar-refractivity contribution in [1.82, 2.24) is 0 Å². The summed E-state index contributed by atoms with van der Waals surface area (Å²) < 4.78 is 28.6. The average molecular weight is 608 g/mol. The average Bonchev–Trinajstić information content (AvgIpc) is 3.21. The van der Waals surface area contributed by atoms with E-state index in [0.717, 1.165) is 45.8 Å². The van der Waals surface area contributed by atoms with Crippen molar-refractivity contribution in [3.05, 3.63) is 82.4 Å². The third kappa shape index (κ3) is 8.05. The topological polar surface area (TPSA) is 66.5 Å². The van der Waals surface area contributed by atoms with Gasteiger partial charge in [0.2, 0.25) is 0 Å². The second-order valence-electron chi connectivity index (χ2n) is 11.9. The van der Waals surface area contributed by atoms with E-state index in [1.54, 1.807) is 14.2 Å². The molecule has 7 nitrogen and oxygen atoms in total. The predicted molar refractivity (Wildman–Crippen MR) is 173 cm³/mol. The third-order valence-electron chi connectivity index (χ3n) is 8.44. The maximum absolute atomic E-state index is 11.7. The number of hydrogen-bond donors (Lipinski definition) is 0. The molecule has 3 aromatic carbocycles. The predicted octanol–water partition coefficient (Wildman–Crippen LogP) is 6.75. The minimum absolute atomic E-state index is 0.208. The zero-order valence-electron chi connectivity index (χ0n) is 26.4. The first-order valence-corrected chi connectivity index (χ1v) is 15.1. The van der Waals surface area contributed by atoms with Crippen LogP contribution < -0.4 is 19.8 Å². The number of carbonyl (C=O) groups excluding carboxylic acids is 1. The molecule has 0 aromatic heterocycles. The van der Waals surface area contributed by atoms with Gasteiger partial charge in [0.05, 0.1) is 32.5 Å². The standard InChI is InChI=1S/C34H43BClNO6/c1-33(2)34(3,4)43-35(42-33)30-20-26(21-31(36)29(30)10-8-9-11-32(38)41-7)37(22-24-12-16-27(39-5)17-13-24)23-25-14-18-28(40-6)19-15-25/h12-21H,8-11,22-23H2,1-7H3. The Morgan fingerprint density at radius 1 is 0.814 bits per heavy atom. The van der Waals surface area contributed by atoms with Gasteiger partial charge >= 0.3 is 13.1 Å². The first kappa shape index (κ1) is 32.7. The molecule has 1 aliphatic rings. The van der Waals surface area contributed by atoms with Gasteiger partial charge in [-0.25, -0.2) is 0 Å². The van der Waals surface area contributed by atoms with E-state index in [1.165, 1.54) is 7.11 Å². The van der Waals surface area contributed by atoms with Crippen molar-refractivity contribution in [2.75, 3.05) is 26.2 Å². The lowest BCUT2D eigenvalue weighted by Gasteiger charge is -2.32. The monoisotopic (exact) mass is 607 g/mol. The molecule has 43 heavy (non-hydrogen) atoms. The highest BCUT2D eigenvalue weighted by atomic mass is 35.5. The van der Waals surface area contributed by atoms with E-state index in [0.29, 0.717) is 37.4 Å². The Morgan fingerprint density at radius 3 is 1.79 bits per heavy atom. The summed E-state index contributed by atoms with van der Waals surface area (Å²) in [4.78, 5) is 14.0. The Morgan fingerprint density at radius 2 is 1.33 bits per heavy atom. The molecule has 0 atom stereocenters. The summed E-state index contributed by atoms with van der Waals surface area (Å²) in [5.41, 5.74) is 4.10. The van der Waals surface area contributed by atoms with Crippen molar-refractivity contribution < 1.29 is 28.3 Å². The van der Waals surface area contributed by atoms with E-state index in [1.807, 2.05) is 58.0 Å². The first-order chi connectivity index (χ1) is 20.5. The largest absolute Gasteiger partial charge is 0.497 e. The van der Waals surface area contributed by atoms with Crippen molar-refractivity contribution in [2.24, 2.45) is 0 Å². The van der Waals surface area contributed by atoms with Crippen LogP contribution in [0.3, 0.4) is 0 Å². The van der Waals surface area contributed by atoms with Gasteiger partial charge < -0.3 is 28.4 Å². The van der Waals surface area contributed by atoms with Crippen molar-refractivity contribution in [1.29, 1.82) is 0 Å². The van der Waals surface area contributed by atoms with Crippen molar-refractivity contribution >= 4 is 35.8 Å². The highest BCUT2D eigenvalue weighted by Crippen LogP contribution is 2.38. The van der Waals surface area contributed by atoms with Crippen LogP contribution in [0.25, 0.3) is 0 Å². The Balaban J connectivity index is 1.73. The van der Waals surface area contributed by atoms with Crippen LogP contribution in [-0.4, -0.2) is 45.6 Å². The van der Waals surface area contributed by atoms with E-state index in [9.17, 15) is 4.79 Å². The molecular weight excluding hydrogens is 565 g/mol. The summed E-state index contributed by atoms with van der Waals surface area (Å²) in [6.07, 6.45) is 2.54. The third-order valence-corrected chi connectivity index (χ3v) is 8.77. The zero-order chi connectivity index (χ0) is 31.2. The van der Waals surface area contributed by atoms with Crippen LogP contribution in [0, 0.1) is 0 Å². The molecule has 230 valence electrons. The van der Waals surface area contributed by atoms with Crippen molar-refractivity contribution in [2.45, 2.75) is 77.7 Å².